The summed E-state index contributed by atoms with van der Waals surface area (Å²) < 4.78 is 20.0. The van der Waals surface area contributed by atoms with Crippen molar-refractivity contribution in [3.63, 3.8) is 0 Å². The Labute approximate surface area is 66.2 Å². The van der Waals surface area contributed by atoms with E-state index in [-0.39, 0.29) is 10.8 Å². The zero-order valence-corrected chi connectivity index (χ0v) is 6.52. The van der Waals surface area contributed by atoms with E-state index >= 15 is 0 Å². The Balaban J connectivity index is 2.76. The van der Waals surface area contributed by atoms with Gasteiger partial charge in [0, 0.05) is 6.92 Å². The number of hydrogen-bond acceptors (Lipinski definition) is 5. The van der Waals surface area contributed by atoms with Crippen LogP contribution in [0.25, 0.3) is 0 Å². The van der Waals surface area contributed by atoms with Crippen LogP contribution in [0.5, 0.6) is 5.88 Å². The molecule has 1 aromatic rings. The molecule has 0 aliphatic heterocycles. The maximum atomic E-state index is 12.0. The van der Waals surface area contributed by atoms with Crippen molar-refractivity contribution >= 4 is 17.5 Å². The van der Waals surface area contributed by atoms with Gasteiger partial charge in [0.25, 0.3) is 5.88 Å². The van der Waals surface area contributed by atoms with Crippen LogP contribution in [0.4, 0.5) is 4.39 Å². The molecule has 6 heteroatoms. The van der Waals surface area contributed by atoms with Crippen LogP contribution in [0.3, 0.4) is 0 Å². The Morgan fingerprint density at radius 1 is 1.82 bits per heavy atom. The number of alkyl halides is 1. The van der Waals surface area contributed by atoms with E-state index < -0.39 is 12.6 Å². The molecule has 0 N–H and O–H groups in total. The number of esters is 1. The number of ether oxygens (including phenoxy) is 1. The Bertz CT molecular complexity index is 263. The van der Waals surface area contributed by atoms with Crippen LogP contribution in [0.1, 0.15) is 11.8 Å². The van der Waals surface area contributed by atoms with Gasteiger partial charge in [-0.3, -0.25) is 4.79 Å². The molecule has 0 aliphatic carbocycles. The van der Waals surface area contributed by atoms with E-state index in [2.05, 4.69) is 14.3 Å². The van der Waals surface area contributed by atoms with Crippen LogP contribution in [0, 0.1) is 0 Å². The van der Waals surface area contributed by atoms with Crippen LogP contribution in [-0.2, 0) is 11.5 Å². The molecule has 1 heterocycles. The normalized spacial score (nSPS) is 9.64. The summed E-state index contributed by atoms with van der Waals surface area (Å²) in [6.07, 6.45) is 0. The minimum absolute atomic E-state index is 0.0231. The minimum Gasteiger partial charge on any atom is -0.405 e. The lowest BCUT2D eigenvalue weighted by Gasteiger charge is -1.94. The third-order valence-electron chi connectivity index (χ3n) is 0.883. The Morgan fingerprint density at radius 3 is 3.09 bits per heavy atom. The first-order chi connectivity index (χ1) is 5.24. The minimum atomic E-state index is -0.708. The first-order valence-electron chi connectivity index (χ1n) is 2.79. The van der Waals surface area contributed by atoms with Crippen LogP contribution in [0.2, 0.25) is 0 Å². The summed E-state index contributed by atoms with van der Waals surface area (Å²) in [4.78, 5) is 10.6. The van der Waals surface area contributed by atoms with Crippen molar-refractivity contribution in [3.05, 3.63) is 4.88 Å². The van der Waals surface area contributed by atoms with E-state index in [0.717, 1.165) is 11.5 Å². The van der Waals surface area contributed by atoms with Gasteiger partial charge in [0.1, 0.15) is 11.6 Å². The number of halogens is 1. The fourth-order valence-corrected chi connectivity index (χ4v) is 0.920. The van der Waals surface area contributed by atoms with Gasteiger partial charge in [0.15, 0.2) is 0 Å². The summed E-state index contributed by atoms with van der Waals surface area (Å²) >= 11 is 0.878. The van der Waals surface area contributed by atoms with Crippen LogP contribution < -0.4 is 4.74 Å². The maximum Gasteiger partial charge on any atom is 0.309 e. The SMILES string of the molecule is CC(=O)Oc1nnsc1CF. The monoisotopic (exact) mass is 176 g/mol. The highest BCUT2D eigenvalue weighted by molar-refractivity contribution is 7.05. The molecule has 0 atom stereocenters. The van der Waals surface area contributed by atoms with Gasteiger partial charge in [-0.2, -0.15) is 0 Å². The van der Waals surface area contributed by atoms with Gasteiger partial charge in [-0.15, -0.1) is 0 Å². The highest BCUT2D eigenvalue weighted by Crippen LogP contribution is 2.19. The average molecular weight is 176 g/mol. The second kappa shape index (κ2) is 3.38. The lowest BCUT2D eigenvalue weighted by Crippen LogP contribution is -2.02. The lowest BCUT2D eigenvalue weighted by molar-refractivity contribution is -0.132. The second-order valence-electron chi connectivity index (χ2n) is 1.73. The molecular formula is C5H5FN2O2S. The molecule has 0 fully saturated rings. The third-order valence-corrected chi connectivity index (χ3v) is 1.55. The summed E-state index contributed by atoms with van der Waals surface area (Å²) in [5.74, 6) is -0.544. The van der Waals surface area contributed by atoms with E-state index in [0.29, 0.717) is 0 Å². The zero-order chi connectivity index (χ0) is 8.27. The highest BCUT2D eigenvalue weighted by Gasteiger charge is 2.10. The standard InChI is InChI=1S/C5H5FN2O2S/c1-3(9)10-5-4(2-6)11-8-7-5/h2H2,1H3. The number of carbonyl (C=O) groups is 1. The summed E-state index contributed by atoms with van der Waals surface area (Å²) in [5, 5.41) is 3.41. The zero-order valence-electron chi connectivity index (χ0n) is 5.70. The molecule has 0 saturated heterocycles. The van der Waals surface area contributed by atoms with Gasteiger partial charge >= 0.3 is 5.97 Å². The van der Waals surface area contributed by atoms with Crippen molar-refractivity contribution in [2.45, 2.75) is 13.6 Å². The van der Waals surface area contributed by atoms with Crippen molar-refractivity contribution in [1.29, 1.82) is 0 Å². The summed E-state index contributed by atoms with van der Waals surface area (Å²) in [6.45, 7) is 0.516. The Morgan fingerprint density at radius 2 is 2.55 bits per heavy atom. The number of carbonyl (C=O) groups excluding carboxylic acids is 1. The molecule has 4 nitrogen and oxygen atoms in total. The summed E-state index contributed by atoms with van der Waals surface area (Å²) in [7, 11) is 0. The second-order valence-corrected chi connectivity index (χ2v) is 2.57. The summed E-state index contributed by atoms with van der Waals surface area (Å²) in [5.41, 5.74) is 0. The molecular weight excluding hydrogens is 171 g/mol. The molecule has 0 bridgehead atoms. The van der Waals surface area contributed by atoms with Gasteiger partial charge in [-0.25, -0.2) is 4.39 Å². The van der Waals surface area contributed by atoms with E-state index in [1.165, 1.54) is 6.92 Å². The molecule has 0 unspecified atom stereocenters. The molecule has 0 amide bonds. The van der Waals surface area contributed by atoms with Crippen molar-refractivity contribution in [2.24, 2.45) is 0 Å². The van der Waals surface area contributed by atoms with Gasteiger partial charge in [0.05, 0.1) is 0 Å². The largest absolute Gasteiger partial charge is 0.405 e. The topological polar surface area (TPSA) is 52.1 Å². The number of nitrogens with zero attached hydrogens (tertiary/aromatic N) is 2. The van der Waals surface area contributed by atoms with Crippen molar-refractivity contribution in [3.8, 4) is 5.88 Å². The third kappa shape index (κ3) is 1.94. The maximum absolute atomic E-state index is 12.0. The fraction of sp³-hybridized carbons (Fsp3) is 0.400. The average Bonchev–Trinajstić information content (AvgIpc) is 2.34. The first-order valence-corrected chi connectivity index (χ1v) is 3.57. The highest BCUT2D eigenvalue weighted by atomic mass is 32.1. The van der Waals surface area contributed by atoms with Gasteiger partial charge in [-0.1, -0.05) is 9.59 Å². The predicted octanol–water partition coefficient (Wildman–Crippen LogP) is 0.933. The number of hydrogen-bond donors (Lipinski definition) is 0. The summed E-state index contributed by atoms with van der Waals surface area (Å²) in [6, 6.07) is 0. The molecule has 0 aromatic carbocycles. The van der Waals surface area contributed by atoms with Gasteiger partial charge < -0.3 is 4.74 Å². The Hall–Kier alpha value is -1.04. The molecule has 1 aromatic heterocycles. The quantitative estimate of drug-likeness (QED) is 0.629. The van der Waals surface area contributed by atoms with E-state index in [9.17, 15) is 9.18 Å². The van der Waals surface area contributed by atoms with Crippen LogP contribution in [0.15, 0.2) is 0 Å². The van der Waals surface area contributed by atoms with Crippen LogP contribution >= 0.6 is 11.5 Å². The molecule has 11 heavy (non-hydrogen) atoms. The molecule has 0 saturated carbocycles. The van der Waals surface area contributed by atoms with Crippen molar-refractivity contribution < 1.29 is 13.9 Å². The van der Waals surface area contributed by atoms with Gasteiger partial charge in [-0.05, 0) is 11.5 Å². The smallest absolute Gasteiger partial charge is 0.309 e. The Kier molecular flexibility index (Phi) is 2.48. The molecule has 0 aliphatic rings. The molecule has 0 radical (unpaired) electrons. The number of rotatable bonds is 2. The number of aromatic nitrogens is 2. The molecule has 60 valence electrons. The fourth-order valence-electron chi connectivity index (χ4n) is 0.497. The van der Waals surface area contributed by atoms with Crippen molar-refractivity contribution in [1.82, 2.24) is 9.59 Å². The first kappa shape index (κ1) is 8.06. The molecule has 0 spiro atoms. The molecule has 1 rings (SSSR count). The predicted molar refractivity (Wildman–Crippen MR) is 36.0 cm³/mol. The van der Waals surface area contributed by atoms with Crippen molar-refractivity contribution in [2.75, 3.05) is 0 Å². The van der Waals surface area contributed by atoms with E-state index in [1.807, 2.05) is 0 Å². The van der Waals surface area contributed by atoms with Crippen LogP contribution in [-0.4, -0.2) is 15.6 Å². The van der Waals surface area contributed by atoms with Gasteiger partial charge in [0.2, 0.25) is 0 Å². The lowest BCUT2D eigenvalue weighted by atomic mass is 10.6. The van der Waals surface area contributed by atoms with E-state index in [4.69, 9.17) is 0 Å². The van der Waals surface area contributed by atoms with E-state index in [1.54, 1.807) is 0 Å².